The van der Waals surface area contributed by atoms with Crippen LogP contribution in [0.3, 0.4) is 0 Å². The Bertz CT molecular complexity index is 516. The number of nitrogen functional groups attached to an aromatic ring is 1. The molecule has 0 amide bonds. The molecule has 80 valence electrons. The summed E-state index contributed by atoms with van der Waals surface area (Å²) in [6.07, 6.45) is 1.28. The highest BCUT2D eigenvalue weighted by atomic mass is 32.1. The van der Waals surface area contributed by atoms with Gasteiger partial charge >= 0.3 is 0 Å². The molecule has 0 atom stereocenters. The molecule has 2 aromatic heterocycles. The van der Waals surface area contributed by atoms with Crippen LogP contribution >= 0.6 is 11.3 Å². The van der Waals surface area contributed by atoms with E-state index in [1.165, 1.54) is 6.33 Å². The molecule has 2 aromatic rings. The fourth-order valence-corrected chi connectivity index (χ4v) is 2.60. The first kappa shape index (κ1) is 10.2. The van der Waals surface area contributed by atoms with Crippen LogP contribution in [0.5, 0.6) is 0 Å². The van der Waals surface area contributed by atoms with Crippen molar-refractivity contribution in [2.45, 2.75) is 19.8 Å². The molecule has 15 heavy (non-hydrogen) atoms. The molecule has 0 aliphatic rings. The van der Waals surface area contributed by atoms with Gasteiger partial charge in [0.05, 0.1) is 10.3 Å². The zero-order valence-corrected chi connectivity index (χ0v) is 9.03. The van der Waals surface area contributed by atoms with Gasteiger partial charge in [0.2, 0.25) is 0 Å². The number of thiophene rings is 1. The van der Waals surface area contributed by atoms with E-state index in [-0.39, 0.29) is 10.7 Å². The zero-order valence-electron chi connectivity index (χ0n) is 8.21. The van der Waals surface area contributed by atoms with Gasteiger partial charge in [0.15, 0.2) is 0 Å². The number of fused-ring (bicyclic) bond motifs is 1. The summed E-state index contributed by atoms with van der Waals surface area (Å²) in [4.78, 5) is 8.24. The van der Waals surface area contributed by atoms with Crippen LogP contribution in [0.25, 0.3) is 10.2 Å². The summed E-state index contributed by atoms with van der Waals surface area (Å²) in [5.41, 5.74) is 6.10. The summed E-state index contributed by atoms with van der Waals surface area (Å²) in [5, 5.41) is 0.541. The molecule has 2 heterocycles. The molecule has 0 aliphatic heterocycles. The maximum Gasteiger partial charge on any atom is 0.279 e. The van der Waals surface area contributed by atoms with E-state index in [2.05, 4.69) is 9.97 Å². The van der Waals surface area contributed by atoms with E-state index in [9.17, 15) is 8.78 Å². The van der Waals surface area contributed by atoms with Crippen LogP contribution < -0.4 is 5.73 Å². The van der Waals surface area contributed by atoms with Crippen molar-refractivity contribution in [3.63, 3.8) is 0 Å². The minimum Gasteiger partial charge on any atom is -0.383 e. The Morgan fingerprint density at radius 3 is 2.60 bits per heavy atom. The number of alkyl halides is 2. The highest BCUT2D eigenvalue weighted by molar-refractivity contribution is 7.19. The van der Waals surface area contributed by atoms with E-state index < -0.39 is 5.92 Å². The van der Waals surface area contributed by atoms with Gasteiger partial charge in [0, 0.05) is 6.92 Å². The normalized spacial score (nSPS) is 12.3. The second-order valence-corrected chi connectivity index (χ2v) is 4.38. The van der Waals surface area contributed by atoms with Crippen molar-refractivity contribution in [3.8, 4) is 0 Å². The van der Waals surface area contributed by atoms with Crippen molar-refractivity contribution >= 4 is 27.4 Å². The highest BCUT2D eigenvalue weighted by Crippen LogP contribution is 2.40. The Morgan fingerprint density at radius 2 is 2.07 bits per heavy atom. The first-order valence-electron chi connectivity index (χ1n) is 4.29. The lowest BCUT2D eigenvalue weighted by atomic mass is 10.1. The number of nitrogens with zero attached hydrogens (tertiary/aromatic N) is 2. The van der Waals surface area contributed by atoms with Crippen LogP contribution in [-0.4, -0.2) is 9.97 Å². The zero-order chi connectivity index (χ0) is 11.2. The van der Waals surface area contributed by atoms with Gasteiger partial charge in [-0.3, -0.25) is 0 Å². The third kappa shape index (κ3) is 1.54. The second kappa shape index (κ2) is 3.10. The summed E-state index contributed by atoms with van der Waals surface area (Å²) in [6, 6.07) is 0. The molecule has 2 rings (SSSR count). The van der Waals surface area contributed by atoms with Crippen molar-refractivity contribution in [1.82, 2.24) is 9.97 Å². The third-order valence-corrected chi connectivity index (χ3v) is 3.53. The summed E-state index contributed by atoms with van der Waals surface area (Å²) < 4.78 is 26.4. The van der Waals surface area contributed by atoms with E-state index in [1.807, 2.05) is 0 Å². The minimum absolute atomic E-state index is 0.00435. The monoisotopic (exact) mass is 229 g/mol. The van der Waals surface area contributed by atoms with Crippen LogP contribution in [-0.2, 0) is 5.92 Å². The molecule has 0 saturated carbocycles. The SMILES string of the molecule is Cc1c(C(C)(F)F)sc2ncnc(N)c12. The summed E-state index contributed by atoms with van der Waals surface area (Å²) >= 11 is 0.964. The van der Waals surface area contributed by atoms with E-state index in [0.717, 1.165) is 18.3 Å². The standard InChI is InChI=1S/C9H9F2N3S/c1-4-5-7(12)13-3-14-8(5)15-6(4)9(2,10)11/h3H,1-2H3,(H2,12,13,14). The maximum atomic E-state index is 13.2. The molecular formula is C9H9F2N3S. The number of hydrogen-bond donors (Lipinski definition) is 1. The lowest BCUT2D eigenvalue weighted by Gasteiger charge is -2.08. The summed E-state index contributed by atoms with van der Waals surface area (Å²) in [5.74, 6) is -2.61. The molecule has 0 unspecified atom stereocenters. The van der Waals surface area contributed by atoms with Gasteiger partial charge in [0.1, 0.15) is 17.0 Å². The Balaban J connectivity index is 2.82. The van der Waals surface area contributed by atoms with E-state index in [1.54, 1.807) is 6.92 Å². The average Bonchev–Trinajstić information content (AvgIpc) is 2.44. The number of rotatable bonds is 1. The van der Waals surface area contributed by atoms with Crippen LogP contribution in [0.1, 0.15) is 17.4 Å². The molecule has 6 heteroatoms. The molecule has 0 aliphatic carbocycles. The first-order valence-corrected chi connectivity index (χ1v) is 5.10. The molecule has 2 N–H and O–H groups in total. The molecule has 0 spiro atoms. The van der Waals surface area contributed by atoms with E-state index in [4.69, 9.17) is 5.73 Å². The van der Waals surface area contributed by atoms with Gasteiger partial charge in [-0.25, -0.2) is 18.7 Å². The Labute approximate surface area is 89.0 Å². The van der Waals surface area contributed by atoms with Gasteiger partial charge in [-0.2, -0.15) is 0 Å². The van der Waals surface area contributed by atoms with Crippen molar-refractivity contribution in [2.24, 2.45) is 0 Å². The lowest BCUT2D eigenvalue weighted by molar-refractivity contribution is 0.0210. The van der Waals surface area contributed by atoms with Crippen LogP contribution in [0.15, 0.2) is 6.33 Å². The molecule has 0 aromatic carbocycles. The number of nitrogens with two attached hydrogens (primary N) is 1. The third-order valence-electron chi connectivity index (χ3n) is 2.15. The van der Waals surface area contributed by atoms with Crippen LogP contribution in [0.4, 0.5) is 14.6 Å². The maximum absolute atomic E-state index is 13.2. The van der Waals surface area contributed by atoms with Crippen molar-refractivity contribution in [2.75, 3.05) is 5.73 Å². The smallest absolute Gasteiger partial charge is 0.279 e. The van der Waals surface area contributed by atoms with Gasteiger partial charge in [-0.1, -0.05) is 0 Å². The second-order valence-electron chi connectivity index (χ2n) is 3.38. The highest BCUT2D eigenvalue weighted by Gasteiger charge is 2.30. The topological polar surface area (TPSA) is 51.8 Å². The summed E-state index contributed by atoms with van der Waals surface area (Å²) in [6.45, 7) is 2.49. The molecule has 0 saturated heterocycles. The summed E-state index contributed by atoms with van der Waals surface area (Å²) in [7, 11) is 0. The average molecular weight is 229 g/mol. The van der Waals surface area contributed by atoms with Gasteiger partial charge in [0.25, 0.3) is 5.92 Å². The lowest BCUT2D eigenvalue weighted by Crippen LogP contribution is -2.05. The van der Waals surface area contributed by atoms with Gasteiger partial charge in [-0.05, 0) is 12.5 Å². The Morgan fingerprint density at radius 1 is 1.40 bits per heavy atom. The quantitative estimate of drug-likeness (QED) is 0.817. The van der Waals surface area contributed by atoms with Crippen molar-refractivity contribution < 1.29 is 8.78 Å². The first-order chi connectivity index (χ1) is 6.91. The largest absolute Gasteiger partial charge is 0.383 e. The Hall–Kier alpha value is -1.30. The van der Waals surface area contributed by atoms with E-state index >= 15 is 0 Å². The Kier molecular flexibility index (Phi) is 2.11. The molecular weight excluding hydrogens is 220 g/mol. The fraction of sp³-hybridized carbons (Fsp3) is 0.333. The predicted molar refractivity (Wildman–Crippen MR) is 56.1 cm³/mol. The van der Waals surface area contributed by atoms with E-state index in [0.29, 0.717) is 15.8 Å². The molecule has 0 bridgehead atoms. The van der Waals surface area contributed by atoms with Crippen LogP contribution in [0.2, 0.25) is 0 Å². The number of hydrogen-bond acceptors (Lipinski definition) is 4. The fourth-order valence-electron chi connectivity index (χ4n) is 1.52. The van der Waals surface area contributed by atoms with Crippen LogP contribution in [0, 0.1) is 6.92 Å². The minimum atomic E-state index is -2.86. The molecule has 0 radical (unpaired) electrons. The van der Waals surface area contributed by atoms with Crippen molar-refractivity contribution in [3.05, 3.63) is 16.8 Å². The number of aryl methyl sites for hydroxylation is 1. The number of aromatic nitrogens is 2. The molecule has 0 fully saturated rings. The molecule has 3 nitrogen and oxygen atoms in total. The number of halogens is 2. The van der Waals surface area contributed by atoms with Gasteiger partial charge < -0.3 is 5.73 Å². The number of anilines is 1. The van der Waals surface area contributed by atoms with Crippen molar-refractivity contribution in [1.29, 1.82) is 0 Å². The van der Waals surface area contributed by atoms with Gasteiger partial charge in [-0.15, -0.1) is 11.3 Å². The predicted octanol–water partition coefficient (Wildman–Crippen LogP) is 2.69.